The van der Waals surface area contributed by atoms with Crippen molar-refractivity contribution in [2.24, 2.45) is 11.3 Å². The van der Waals surface area contributed by atoms with Gasteiger partial charge in [0.1, 0.15) is 5.75 Å². The molecule has 2 atom stereocenters. The van der Waals surface area contributed by atoms with E-state index < -0.39 is 11.4 Å². The summed E-state index contributed by atoms with van der Waals surface area (Å²) in [6, 6.07) is 7.48. The molecule has 1 aromatic carbocycles. The molecule has 0 aliphatic carbocycles. The van der Waals surface area contributed by atoms with E-state index in [1.165, 1.54) is 0 Å². The second kappa shape index (κ2) is 6.06. The monoisotopic (exact) mass is 291 g/mol. The number of aliphatic carboxylic acids is 1. The third-order valence-corrected chi connectivity index (χ3v) is 4.96. The molecule has 0 spiro atoms. The molecule has 2 rings (SSSR count). The molecule has 1 heterocycles. The first-order valence-electron chi connectivity index (χ1n) is 7.59. The topological polar surface area (TPSA) is 60.8 Å². The summed E-state index contributed by atoms with van der Waals surface area (Å²) in [4.78, 5) is 13.7. The molecule has 0 aromatic heterocycles. The van der Waals surface area contributed by atoms with Crippen molar-refractivity contribution < 1.29 is 15.0 Å². The number of aromatic hydroxyl groups is 1. The lowest BCUT2D eigenvalue weighted by atomic mass is 9.74. The molecule has 0 saturated carbocycles. The van der Waals surface area contributed by atoms with Crippen molar-refractivity contribution in [3.05, 3.63) is 29.8 Å². The van der Waals surface area contributed by atoms with E-state index in [0.717, 1.165) is 31.5 Å². The Hall–Kier alpha value is -1.55. The molecule has 1 aliphatic heterocycles. The molecule has 0 bridgehead atoms. The highest BCUT2D eigenvalue weighted by molar-refractivity contribution is 5.74. The Morgan fingerprint density at radius 3 is 2.67 bits per heavy atom. The summed E-state index contributed by atoms with van der Waals surface area (Å²) < 4.78 is 0. The summed E-state index contributed by atoms with van der Waals surface area (Å²) in [7, 11) is 0. The van der Waals surface area contributed by atoms with Gasteiger partial charge in [0, 0.05) is 18.2 Å². The Bertz CT molecular complexity index is 513. The largest absolute Gasteiger partial charge is 0.508 e. The molecule has 1 fully saturated rings. The minimum absolute atomic E-state index is 0.0959. The lowest BCUT2D eigenvalue weighted by molar-refractivity contribution is -0.151. The molecule has 1 aliphatic rings. The van der Waals surface area contributed by atoms with E-state index in [9.17, 15) is 15.0 Å². The number of carboxylic acid groups (broad SMARTS) is 1. The fourth-order valence-electron chi connectivity index (χ4n) is 3.16. The minimum atomic E-state index is -0.732. The van der Waals surface area contributed by atoms with Gasteiger partial charge in [-0.05, 0) is 52.1 Å². The van der Waals surface area contributed by atoms with Gasteiger partial charge in [-0.25, -0.2) is 0 Å². The van der Waals surface area contributed by atoms with Crippen molar-refractivity contribution in [2.75, 3.05) is 13.1 Å². The second-order valence-electron chi connectivity index (χ2n) is 6.60. The lowest BCUT2D eigenvalue weighted by Crippen LogP contribution is -2.45. The molecule has 4 nitrogen and oxygen atoms in total. The van der Waals surface area contributed by atoms with E-state index in [2.05, 4.69) is 11.8 Å². The molecule has 1 aromatic rings. The molecular weight excluding hydrogens is 266 g/mol. The van der Waals surface area contributed by atoms with Crippen LogP contribution in [0.25, 0.3) is 0 Å². The first-order valence-corrected chi connectivity index (χ1v) is 7.59. The van der Waals surface area contributed by atoms with Crippen LogP contribution >= 0.6 is 0 Å². The number of rotatable bonds is 4. The van der Waals surface area contributed by atoms with Gasteiger partial charge in [0.2, 0.25) is 0 Å². The van der Waals surface area contributed by atoms with Crippen molar-refractivity contribution in [2.45, 2.75) is 39.7 Å². The van der Waals surface area contributed by atoms with Gasteiger partial charge < -0.3 is 10.2 Å². The molecule has 0 radical (unpaired) electrons. The zero-order valence-electron chi connectivity index (χ0n) is 13.0. The quantitative estimate of drug-likeness (QED) is 0.893. The summed E-state index contributed by atoms with van der Waals surface area (Å²) in [6.07, 6.45) is 1.95. The van der Waals surface area contributed by atoms with E-state index >= 15 is 0 Å². The van der Waals surface area contributed by atoms with Crippen LogP contribution in [0.5, 0.6) is 5.75 Å². The molecule has 116 valence electrons. The fraction of sp³-hybridized carbons (Fsp3) is 0.588. The van der Waals surface area contributed by atoms with Crippen molar-refractivity contribution in [1.82, 2.24) is 4.90 Å². The predicted molar refractivity (Wildman–Crippen MR) is 82.2 cm³/mol. The highest BCUT2D eigenvalue weighted by Crippen LogP contribution is 2.38. The van der Waals surface area contributed by atoms with Gasteiger partial charge >= 0.3 is 5.97 Å². The van der Waals surface area contributed by atoms with E-state index in [1.807, 2.05) is 32.0 Å². The number of hydrogen-bond donors (Lipinski definition) is 2. The molecule has 2 unspecified atom stereocenters. The number of carbonyl (C=O) groups is 1. The number of nitrogens with zero attached hydrogens (tertiary/aromatic N) is 1. The van der Waals surface area contributed by atoms with Crippen molar-refractivity contribution in [3.8, 4) is 5.75 Å². The van der Waals surface area contributed by atoms with Gasteiger partial charge in [-0.1, -0.05) is 18.2 Å². The molecule has 0 amide bonds. The van der Waals surface area contributed by atoms with Crippen LogP contribution in [-0.2, 0) is 4.79 Å². The van der Waals surface area contributed by atoms with Crippen molar-refractivity contribution in [3.63, 3.8) is 0 Å². The Morgan fingerprint density at radius 1 is 1.38 bits per heavy atom. The first kappa shape index (κ1) is 15.8. The highest BCUT2D eigenvalue weighted by atomic mass is 16.4. The summed E-state index contributed by atoms with van der Waals surface area (Å²) in [6.45, 7) is 7.41. The zero-order chi connectivity index (χ0) is 15.6. The lowest BCUT2D eigenvalue weighted by Gasteiger charge is -2.42. The maximum atomic E-state index is 11.5. The van der Waals surface area contributed by atoms with Gasteiger partial charge in [-0.3, -0.25) is 9.69 Å². The van der Waals surface area contributed by atoms with E-state index in [1.54, 1.807) is 6.07 Å². The summed E-state index contributed by atoms with van der Waals surface area (Å²) in [5.41, 5.74) is 0.197. The maximum absolute atomic E-state index is 11.5. The summed E-state index contributed by atoms with van der Waals surface area (Å²) in [5, 5.41) is 19.4. The van der Waals surface area contributed by atoms with Crippen LogP contribution in [0.2, 0.25) is 0 Å². The normalized spacial score (nSPS) is 22.0. The maximum Gasteiger partial charge on any atom is 0.309 e. The molecule has 4 heteroatoms. The van der Waals surface area contributed by atoms with Crippen molar-refractivity contribution >= 4 is 5.97 Å². The number of phenols is 1. The third-order valence-electron chi connectivity index (χ3n) is 4.96. The van der Waals surface area contributed by atoms with Gasteiger partial charge in [-0.15, -0.1) is 0 Å². The smallest absolute Gasteiger partial charge is 0.309 e. The number of likely N-dealkylation sites (tertiary alicyclic amines) is 1. The summed E-state index contributed by atoms with van der Waals surface area (Å²) >= 11 is 0. The number of piperidine rings is 1. The number of benzene rings is 1. The van der Waals surface area contributed by atoms with E-state index in [-0.39, 0.29) is 12.0 Å². The molecule has 21 heavy (non-hydrogen) atoms. The Balaban J connectivity index is 2.15. The fourth-order valence-corrected chi connectivity index (χ4v) is 3.16. The Kier molecular flexibility index (Phi) is 4.57. The van der Waals surface area contributed by atoms with E-state index in [4.69, 9.17) is 0 Å². The predicted octanol–water partition coefficient (Wildman–Crippen LogP) is 3.28. The standard InChI is InChI=1S/C17H25NO3/c1-12(14-8-4-5-9-15(14)19)18-10-6-7-13(11-18)17(2,3)16(20)21/h4-5,8-9,12-13,19H,6-7,10-11H2,1-3H3,(H,20,21). The molecule has 2 N–H and O–H groups in total. The van der Waals surface area contributed by atoms with Crippen LogP contribution in [0.3, 0.4) is 0 Å². The van der Waals surface area contributed by atoms with Crippen LogP contribution in [0, 0.1) is 11.3 Å². The minimum Gasteiger partial charge on any atom is -0.508 e. The summed E-state index contributed by atoms with van der Waals surface area (Å²) in [5.74, 6) is -0.286. The van der Waals surface area contributed by atoms with Crippen LogP contribution in [0.4, 0.5) is 0 Å². The molecular formula is C17H25NO3. The van der Waals surface area contributed by atoms with Crippen LogP contribution < -0.4 is 0 Å². The average Bonchev–Trinajstić information content (AvgIpc) is 2.47. The van der Waals surface area contributed by atoms with Crippen LogP contribution in [0.15, 0.2) is 24.3 Å². The molecule has 1 saturated heterocycles. The average molecular weight is 291 g/mol. The second-order valence-corrected chi connectivity index (χ2v) is 6.60. The van der Waals surface area contributed by atoms with Gasteiger partial charge in [0.15, 0.2) is 0 Å². The number of para-hydroxylation sites is 1. The van der Waals surface area contributed by atoms with E-state index in [0.29, 0.717) is 5.75 Å². The zero-order valence-corrected chi connectivity index (χ0v) is 13.0. The van der Waals surface area contributed by atoms with Gasteiger partial charge in [0.25, 0.3) is 0 Å². The Morgan fingerprint density at radius 2 is 2.05 bits per heavy atom. The third kappa shape index (κ3) is 3.21. The highest BCUT2D eigenvalue weighted by Gasteiger charge is 2.40. The number of hydrogen-bond acceptors (Lipinski definition) is 3. The number of phenolic OH excluding ortho intramolecular Hbond substituents is 1. The first-order chi connectivity index (χ1) is 9.84. The Labute approximate surface area is 126 Å². The van der Waals surface area contributed by atoms with Crippen LogP contribution in [0.1, 0.15) is 45.2 Å². The SMILES string of the molecule is CC(c1ccccc1O)N1CCCC(C(C)(C)C(=O)O)C1. The van der Waals surface area contributed by atoms with Gasteiger partial charge in [-0.2, -0.15) is 0 Å². The number of carboxylic acids is 1. The van der Waals surface area contributed by atoms with Crippen molar-refractivity contribution in [1.29, 1.82) is 0 Å². The van der Waals surface area contributed by atoms with Crippen LogP contribution in [-0.4, -0.2) is 34.2 Å². The van der Waals surface area contributed by atoms with Gasteiger partial charge in [0.05, 0.1) is 5.41 Å².